The van der Waals surface area contributed by atoms with E-state index in [4.69, 9.17) is 26.8 Å². The molecule has 0 saturated heterocycles. The Morgan fingerprint density at radius 1 is 1.00 bits per heavy atom. The van der Waals surface area contributed by atoms with Gasteiger partial charge in [0.25, 0.3) is 5.69 Å². The first-order chi connectivity index (χ1) is 12.4. The molecular formula is C17H14N6O3. The van der Waals surface area contributed by atoms with Crippen LogP contribution in [-0.2, 0) is 0 Å². The number of benzene rings is 2. The largest absolute Gasteiger partial charge is 0.384 e. The molecule has 0 amide bonds. The third-order valence-electron chi connectivity index (χ3n) is 3.77. The molecule has 0 aliphatic carbocycles. The van der Waals surface area contributed by atoms with Crippen molar-refractivity contribution in [3.63, 3.8) is 0 Å². The number of nitrogens with two attached hydrogens (primary N) is 2. The van der Waals surface area contributed by atoms with Crippen molar-refractivity contribution in [2.75, 3.05) is 0 Å². The zero-order valence-electron chi connectivity index (χ0n) is 13.4. The van der Waals surface area contributed by atoms with Crippen molar-refractivity contribution < 1.29 is 9.45 Å². The van der Waals surface area contributed by atoms with Gasteiger partial charge >= 0.3 is 0 Å². The number of aromatic nitrogens is 1. The zero-order valence-corrected chi connectivity index (χ0v) is 13.4. The zero-order chi connectivity index (χ0) is 18.8. The summed E-state index contributed by atoms with van der Waals surface area (Å²) < 4.78 is 5.29. The van der Waals surface area contributed by atoms with Crippen LogP contribution in [0.3, 0.4) is 0 Å². The van der Waals surface area contributed by atoms with Gasteiger partial charge in [0, 0.05) is 28.8 Å². The smallest absolute Gasteiger partial charge is 0.279 e. The Labute approximate surface area is 147 Å². The molecule has 0 aliphatic rings. The van der Waals surface area contributed by atoms with Crippen LogP contribution >= 0.6 is 0 Å². The van der Waals surface area contributed by atoms with Crippen LogP contribution in [0.25, 0.3) is 22.6 Å². The second kappa shape index (κ2) is 6.48. The van der Waals surface area contributed by atoms with Gasteiger partial charge in [-0.15, -0.1) is 0 Å². The van der Waals surface area contributed by atoms with Crippen molar-refractivity contribution in [2.45, 2.75) is 0 Å². The van der Waals surface area contributed by atoms with Gasteiger partial charge in [-0.25, -0.2) is 0 Å². The van der Waals surface area contributed by atoms with Crippen LogP contribution < -0.4 is 11.5 Å². The predicted molar refractivity (Wildman–Crippen MR) is 96.1 cm³/mol. The van der Waals surface area contributed by atoms with Crippen molar-refractivity contribution in [1.29, 1.82) is 10.8 Å². The summed E-state index contributed by atoms with van der Waals surface area (Å²) in [5.74, 6) is 0.113. The third kappa shape index (κ3) is 3.13. The quantitative estimate of drug-likeness (QED) is 0.238. The van der Waals surface area contributed by atoms with Crippen LogP contribution in [0.1, 0.15) is 11.1 Å². The van der Waals surface area contributed by atoms with E-state index in [1.807, 2.05) is 0 Å². The molecule has 0 radical (unpaired) electrons. The first kappa shape index (κ1) is 16.8. The third-order valence-corrected chi connectivity index (χ3v) is 3.77. The fourth-order valence-corrected chi connectivity index (χ4v) is 2.42. The fourth-order valence-electron chi connectivity index (χ4n) is 2.42. The number of nitrogens with one attached hydrogen (secondary N) is 2. The minimum atomic E-state index is -0.558. The van der Waals surface area contributed by atoms with Crippen LogP contribution in [0.2, 0.25) is 0 Å². The fraction of sp³-hybridized carbons (Fsp3) is 0. The summed E-state index contributed by atoms with van der Waals surface area (Å²) >= 11 is 0. The molecule has 0 bridgehead atoms. The Balaban J connectivity index is 2.01. The molecule has 3 rings (SSSR count). The van der Waals surface area contributed by atoms with Crippen LogP contribution in [0.4, 0.5) is 5.69 Å². The van der Waals surface area contributed by atoms with Gasteiger partial charge in [0.2, 0.25) is 0 Å². The minimum absolute atomic E-state index is 0.0454. The van der Waals surface area contributed by atoms with Gasteiger partial charge in [-0.1, -0.05) is 35.5 Å². The van der Waals surface area contributed by atoms with Crippen LogP contribution in [-0.4, -0.2) is 21.8 Å². The van der Waals surface area contributed by atoms with Gasteiger partial charge in [0.05, 0.1) is 10.5 Å². The molecule has 6 N–H and O–H groups in total. The van der Waals surface area contributed by atoms with E-state index in [2.05, 4.69) is 5.16 Å². The molecule has 9 nitrogen and oxygen atoms in total. The lowest BCUT2D eigenvalue weighted by Gasteiger charge is -2.02. The molecule has 9 heteroatoms. The summed E-state index contributed by atoms with van der Waals surface area (Å²) in [7, 11) is 0. The summed E-state index contributed by atoms with van der Waals surface area (Å²) in [6, 6.07) is 12.6. The second-order valence-electron chi connectivity index (χ2n) is 5.47. The van der Waals surface area contributed by atoms with Crippen LogP contribution in [0.15, 0.2) is 53.1 Å². The predicted octanol–water partition coefficient (Wildman–Crippen LogP) is 2.48. The number of hydrogen-bond acceptors (Lipinski definition) is 6. The first-order valence-corrected chi connectivity index (χ1v) is 7.41. The monoisotopic (exact) mass is 350 g/mol. The van der Waals surface area contributed by atoms with Gasteiger partial charge in [-0.05, 0) is 6.07 Å². The van der Waals surface area contributed by atoms with Crippen LogP contribution in [0.5, 0.6) is 0 Å². The maximum Gasteiger partial charge on any atom is 0.279 e. The van der Waals surface area contributed by atoms with Crippen molar-refractivity contribution in [1.82, 2.24) is 5.16 Å². The van der Waals surface area contributed by atoms with E-state index in [-0.39, 0.29) is 34.2 Å². The topological polar surface area (TPSA) is 169 Å². The second-order valence-corrected chi connectivity index (χ2v) is 5.47. The molecule has 2 aromatic carbocycles. The highest BCUT2D eigenvalue weighted by molar-refractivity contribution is 5.97. The summed E-state index contributed by atoms with van der Waals surface area (Å²) in [4.78, 5) is 10.8. The molecule has 0 unspecified atom stereocenters. The van der Waals surface area contributed by atoms with Gasteiger partial charge in [0.15, 0.2) is 5.76 Å². The summed E-state index contributed by atoms with van der Waals surface area (Å²) in [6.45, 7) is 0. The molecule has 3 aromatic rings. The lowest BCUT2D eigenvalue weighted by atomic mass is 10.0. The van der Waals surface area contributed by atoms with E-state index < -0.39 is 4.92 Å². The van der Waals surface area contributed by atoms with E-state index in [1.165, 1.54) is 18.2 Å². The number of amidine groups is 2. The van der Waals surface area contributed by atoms with Crippen LogP contribution in [0, 0.1) is 20.9 Å². The Kier molecular flexibility index (Phi) is 4.19. The number of nitro benzene ring substituents is 1. The average molecular weight is 350 g/mol. The standard InChI is InChI=1S/C17H14N6O3/c18-16(19)10-3-1-9(2-4-10)15-8-13(22-26-15)12-6-5-11(17(20)21)7-14(12)23(24)25/h1-8H,(H3,18,19)(H3,20,21). The van der Waals surface area contributed by atoms with E-state index in [9.17, 15) is 10.1 Å². The Hall–Kier alpha value is -4.01. The maximum atomic E-state index is 11.4. The maximum absolute atomic E-state index is 11.4. The number of rotatable bonds is 5. The molecular weight excluding hydrogens is 336 g/mol. The highest BCUT2D eigenvalue weighted by Gasteiger charge is 2.20. The number of nitro groups is 1. The Morgan fingerprint density at radius 2 is 1.62 bits per heavy atom. The van der Waals surface area contributed by atoms with Gasteiger partial charge in [-0.2, -0.15) is 0 Å². The molecule has 0 atom stereocenters. The normalized spacial score (nSPS) is 10.5. The van der Waals surface area contributed by atoms with Gasteiger partial charge < -0.3 is 16.0 Å². The van der Waals surface area contributed by atoms with Crippen molar-refractivity contribution in [3.05, 3.63) is 69.8 Å². The molecule has 130 valence electrons. The number of nitrogens with zero attached hydrogens (tertiary/aromatic N) is 2. The van der Waals surface area contributed by atoms with Crippen molar-refractivity contribution in [3.8, 4) is 22.6 Å². The molecule has 1 heterocycles. The highest BCUT2D eigenvalue weighted by Crippen LogP contribution is 2.32. The summed E-state index contributed by atoms with van der Waals surface area (Å²) in [5.41, 5.74) is 12.7. The van der Waals surface area contributed by atoms with Crippen molar-refractivity contribution >= 4 is 17.4 Å². The number of nitrogen functional groups attached to an aromatic ring is 2. The summed E-state index contributed by atoms with van der Waals surface area (Å²) in [6.07, 6.45) is 0. The lowest BCUT2D eigenvalue weighted by Crippen LogP contribution is -2.11. The Bertz CT molecular complexity index is 1020. The minimum Gasteiger partial charge on any atom is -0.384 e. The molecule has 0 saturated carbocycles. The van der Waals surface area contributed by atoms with E-state index in [0.29, 0.717) is 16.9 Å². The highest BCUT2D eigenvalue weighted by atomic mass is 16.6. The SMILES string of the molecule is N=C(N)c1ccc(-c2cc(-c3ccc(C(=N)N)cc3[N+](=O)[O-])no2)cc1. The van der Waals surface area contributed by atoms with Crippen molar-refractivity contribution in [2.24, 2.45) is 11.5 Å². The molecule has 0 spiro atoms. The van der Waals surface area contributed by atoms with E-state index in [1.54, 1.807) is 30.3 Å². The first-order valence-electron chi connectivity index (χ1n) is 7.41. The van der Waals surface area contributed by atoms with Gasteiger partial charge in [-0.3, -0.25) is 20.9 Å². The number of hydrogen-bond donors (Lipinski definition) is 4. The molecule has 1 aromatic heterocycles. The van der Waals surface area contributed by atoms with E-state index in [0.717, 1.165) is 0 Å². The summed E-state index contributed by atoms with van der Waals surface area (Å²) in [5, 5.41) is 30.1. The van der Waals surface area contributed by atoms with Gasteiger partial charge in [0.1, 0.15) is 17.4 Å². The van der Waals surface area contributed by atoms with E-state index >= 15 is 0 Å². The average Bonchev–Trinajstić information content (AvgIpc) is 3.11. The Morgan fingerprint density at radius 3 is 2.19 bits per heavy atom. The molecule has 26 heavy (non-hydrogen) atoms. The lowest BCUT2D eigenvalue weighted by molar-refractivity contribution is -0.384. The molecule has 0 aliphatic heterocycles. The molecule has 0 fully saturated rings.